The van der Waals surface area contributed by atoms with Gasteiger partial charge in [0.1, 0.15) is 11.4 Å². The number of fused-ring (bicyclic) bond motifs is 1. The first-order valence-corrected chi connectivity index (χ1v) is 10.6. The number of benzene rings is 2. The fourth-order valence-electron chi connectivity index (χ4n) is 3.21. The largest absolute Gasteiger partial charge is 0.473 e. The van der Waals surface area contributed by atoms with Gasteiger partial charge in [-0.15, -0.1) is 0 Å². The Kier molecular flexibility index (Phi) is 7.40. The molecule has 0 bridgehead atoms. The van der Waals surface area contributed by atoms with Crippen molar-refractivity contribution in [3.8, 4) is 5.75 Å². The van der Waals surface area contributed by atoms with Crippen molar-refractivity contribution in [2.24, 2.45) is 0 Å². The minimum atomic E-state index is -0.684. The normalized spacial score (nSPS) is 13.4. The zero-order valence-corrected chi connectivity index (χ0v) is 19.1. The zero-order valence-electron chi connectivity index (χ0n) is 18.3. The van der Waals surface area contributed by atoms with Gasteiger partial charge in [-0.1, -0.05) is 23.7 Å². The standard InChI is InChI=1S/C24H26ClFN2O4/c1-24(2,3)32-23(30)27(12-4-11-26)16-31-20-9-10-21-18(13-20)15-28(22(21)29)14-17-5-7-19(25)8-6-17/h4-11,13H,12,14-16H2,1-3H3. The Morgan fingerprint density at radius 2 is 1.94 bits per heavy atom. The fraction of sp³-hybridized carbons (Fsp3) is 0.333. The van der Waals surface area contributed by atoms with E-state index in [0.717, 1.165) is 11.1 Å². The second-order valence-electron chi connectivity index (χ2n) is 8.44. The molecule has 32 heavy (non-hydrogen) atoms. The molecule has 0 saturated carbocycles. The Hall–Kier alpha value is -3.06. The molecular formula is C24H26ClFN2O4. The van der Waals surface area contributed by atoms with Gasteiger partial charge in [0, 0.05) is 30.2 Å². The van der Waals surface area contributed by atoms with Crippen LogP contribution in [0.15, 0.2) is 54.9 Å². The first-order chi connectivity index (χ1) is 15.2. The van der Waals surface area contributed by atoms with Gasteiger partial charge in [0.2, 0.25) is 0 Å². The van der Waals surface area contributed by atoms with E-state index in [2.05, 4.69) is 0 Å². The molecule has 3 rings (SSSR count). The molecule has 2 amide bonds. The summed E-state index contributed by atoms with van der Waals surface area (Å²) in [6.07, 6.45) is 0.956. The second-order valence-corrected chi connectivity index (χ2v) is 8.88. The van der Waals surface area contributed by atoms with Gasteiger partial charge in [-0.25, -0.2) is 9.18 Å². The molecule has 0 aliphatic carbocycles. The molecule has 1 aliphatic heterocycles. The van der Waals surface area contributed by atoms with Gasteiger partial charge >= 0.3 is 6.09 Å². The van der Waals surface area contributed by atoms with Gasteiger partial charge in [-0.05, 0) is 68.3 Å². The van der Waals surface area contributed by atoms with E-state index in [1.807, 2.05) is 12.1 Å². The fourth-order valence-corrected chi connectivity index (χ4v) is 3.34. The number of rotatable bonds is 7. The summed E-state index contributed by atoms with van der Waals surface area (Å²) < 4.78 is 23.6. The SMILES string of the molecule is CC(C)(C)OC(=O)N(CC=CF)COc1ccc2c(c1)CN(Cc1ccc(Cl)cc1)C2=O. The van der Waals surface area contributed by atoms with Crippen molar-refractivity contribution in [3.05, 3.63) is 76.6 Å². The minimum absolute atomic E-state index is 0.00368. The first-order valence-electron chi connectivity index (χ1n) is 10.2. The van der Waals surface area contributed by atoms with Crippen LogP contribution >= 0.6 is 11.6 Å². The lowest BCUT2D eigenvalue weighted by Crippen LogP contribution is -2.39. The van der Waals surface area contributed by atoms with Crippen LogP contribution in [0, 0.1) is 0 Å². The molecule has 0 saturated heterocycles. The molecule has 8 heteroatoms. The Labute approximate surface area is 192 Å². The van der Waals surface area contributed by atoms with Crippen LogP contribution in [0.2, 0.25) is 5.02 Å². The number of amides is 2. The second kappa shape index (κ2) is 10.0. The van der Waals surface area contributed by atoms with Crippen molar-refractivity contribution >= 4 is 23.6 Å². The third kappa shape index (κ3) is 6.23. The van der Waals surface area contributed by atoms with E-state index >= 15 is 0 Å². The van der Waals surface area contributed by atoms with E-state index < -0.39 is 11.7 Å². The molecule has 0 spiro atoms. The number of halogens is 2. The van der Waals surface area contributed by atoms with Crippen molar-refractivity contribution in [1.29, 1.82) is 0 Å². The maximum Gasteiger partial charge on any atom is 0.413 e. The molecule has 0 unspecified atom stereocenters. The maximum atomic E-state index is 12.7. The van der Waals surface area contributed by atoms with Crippen molar-refractivity contribution in [2.75, 3.05) is 13.3 Å². The van der Waals surface area contributed by atoms with Crippen LogP contribution in [-0.4, -0.2) is 40.7 Å². The van der Waals surface area contributed by atoms with Crippen molar-refractivity contribution < 1.29 is 23.5 Å². The van der Waals surface area contributed by atoms with E-state index in [9.17, 15) is 14.0 Å². The van der Waals surface area contributed by atoms with Gasteiger partial charge in [0.05, 0.1) is 6.33 Å². The number of carbonyl (C=O) groups is 2. The highest BCUT2D eigenvalue weighted by atomic mass is 35.5. The number of ether oxygens (including phenoxy) is 2. The lowest BCUT2D eigenvalue weighted by molar-refractivity contribution is 0.0129. The summed E-state index contributed by atoms with van der Waals surface area (Å²) >= 11 is 5.93. The van der Waals surface area contributed by atoms with Crippen LogP contribution < -0.4 is 4.74 Å². The average Bonchev–Trinajstić information content (AvgIpc) is 3.03. The Morgan fingerprint density at radius 1 is 1.22 bits per heavy atom. The van der Waals surface area contributed by atoms with Crippen LogP contribution in [0.5, 0.6) is 5.75 Å². The third-order valence-corrected chi connectivity index (χ3v) is 4.95. The Balaban J connectivity index is 1.65. The number of carbonyl (C=O) groups excluding carboxylic acids is 2. The summed E-state index contributed by atoms with van der Waals surface area (Å²) in [6.45, 7) is 6.06. The van der Waals surface area contributed by atoms with E-state index in [-0.39, 0.29) is 19.2 Å². The maximum absolute atomic E-state index is 12.7. The molecule has 0 aromatic heterocycles. The molecule has 2 aromatic rings. The molecule has 6 nitrogen and oxygen atoms in total. The van der Waals surface area contributed by atoms with E-state index in [1.165, 1.54) is 11.0 Å². The molecule has 1 heterocycles. The topological polar surface area (TPSA) is 59.1 Å². The predicted molar refractivity (Wildman–Crippen MR) is 120 cm³/mol. The number of hydrogen-bond acceptors (Lipinski definition) is 4. The highest BCUT2D eigenvalue weighted by Gasteiger charge is 2.28. The van der Waals surface area contributed by atoms with Gasteiger partial charge < -0.3 is 14.4 Å². The van der Waals surface area contributed by atoms with Crippen LogP contribution in [0.3, 0.4) is 0 Å². The average molecular weight is 461 g/mol. The van der Waals surface area contributed by atoms with E-state index in [4.69, 9.17) is 21.1 Å². The number of hydrogen-bond donors (Lipinski definition) is 0. The van der Waals surface area contributed by atoms with E-state index in [0.29, 0.717) is 35.8 Å². The summed E-state index contributed by atoms with van der Waals surface area (Å²) in [5.74, 6) is 0.452. The van der Waals surface area contributed by atoms with Crippen LogP contribution in [0.25, 0.3) is 0 Å². The zero-order chi connectivity index (χ0) is 23.3. The molecule has 0 radical (unpaired) electrons. The molecular weight excluding hydrogens is 435 g/mol. The molecule has 0 N–H and O–H groups in total. The molecule has 0 fully saturated rings. The molecule has 2 aromatic carbocycles. The van der Waals surface area contributed by atoms with Crippen LogP contribution in [0.4, 0.5) is 9.18 Å². The Bertz CT molecular complexity index is 1000. The van der Waals surface area contributed by atoms with Crippen LogP contribution in [-0.2, 0) is 17.8 Å². The smallest absolute Gasteiger partial charge is 0.413 e. The lowest BCUT2D eigenvalue weighted by atomic mass is 10.1. The quantitative estimate of drug-likeness (QED) is 0.508. The van der Waals surface area contributed by atoms with Gasteiger partial charge in [-0.3, -0.25) is 9.69 Å². The highest BCUT2D eigenvalue weighted by Crippen LogP contribution is 2.28. The monoisotopic (exact) mass is 460 g/mol. The molecule has 0 atom stereocenters. The van der Waals surface area contributed by atoms with Crippen molar-refractivity contribution in [1.82, 2.24) is 9.80 Å². The number of nitrogens with zero attached hydrogens (tertiary/aromatic N) is 2. The first kappa shape index (κ1) is 23.6. The summed E-state index contributed by atoms with van der Waals surface area (Å²) in [6, 6.07) is 12.6. The minimum Gasteiger partial charge on any atom is -0.473 e. The highest BCUT2D eigenvalue weighted by molar-refractivity contribution is 6.30. The molecule has 170 valence electrons. The summed E-state index contributed by atoms with van der Waals surface area (Å²) in [4.78, 5) is 28.1. The van der Waals surface area contributed by atoms with Crippen LogP contribution in [0.1, 0.15) is 42.3 Å². The Morgan fingerprint density at radius 3 is 2.59 bits per heavy atom. The predicted octanol–water partition coefficient (Wildman–Crippen LogP) is 5.55. The molecule has 1 aliphatic rings. The van der Waals surface area contributed by atoms with Gasteiger partial charge in [-0.2, -0.15) is 0 Å². The lowest BCUT2D eigenvalue weighted by Gasteiger charge is -2.26. The van der Waals surface area contributed by atoms with Gasteiger partial charge in [0.15, 0.2) is 6.73 Å². The van der Waals surface area contributed by atoms with Crippen molar-refractivity contribution in [2.45, 2.75) is 39.5 Å². The summed E-state index contributed by atoms with van der Waals surface area (Å²) in [5.41, 5.74) is 1.77. The summed E-state index contributed by atoms with van der Waals surface area (Å²) in [7, 11) is 0. The van der Waals surface area contributed by atoms with E-state index in [1.54, 1.807) is 56.0 Å². The van der Waals surface area contributed by atoms with Crippen molar-refractivity contribution in [3.63, 3.8) is 0 Å². The summed E-state index contributed by atoms with van der Waals surface area (Å²) in [5, 5.41) is 0.647. The third-order valence-electron chi connectivity index (χ3n) is 4.70. The van der Waals surface area contributed by atoms with Gasteiger partial charge in [0.25, 0.3) is 5.91 Å².